The minimum atomic E-state index is -0.185. The highest BCUT2D eigenvalue weighted by Crippen LogP contribution is 2.25. The number of aliphatic hydroxyl groups is 1. The smallest absolute Gasteiger partial charge is 0.223 e. The van der Waals surface area contributed by atoms with Gasteiger partial charge in [-0.1, -0.05) is 53.3 Å². The van der Waals surface area contributed by atoms with Gasteiger partial charge in [0, 0.05) is 18.9 Å². The molecule has 0 saturated heterocycles. The second kappa shape index (κ2) is 9.48. The fourth-order valence-electron chi connectivity index (χ4n) is 4.08. The number of hydrogen-bond acceptors (Lipinski definition) is 7. The molecule has 0 bridgehead atoms. The molecule has 0 aliphatic heterocycles. The minimum Gasteiger partial charge on any atom is -0.393 e. The number of thiazole rings is 1. The summed E-state index contributed by atoms with van der Waals surface area (Å²) in [5.41, 5.74) is 3.96. The van der Waals surface area contributed by atoms with Crippen molar-refractivity contribution in [2.45, 2.75) is 50.7 Å². The summed E-state index contributed by atoms with van der Waals surface area (Å²) in [4.78, 5) is 19.5. The fraction of sp³-hybridized carbons (Fsp3) is 0.333. The van der Waals surface area contributed by atoms with Crippen LogP contribution in [0.5, 0.6) is 0 Å². The van der Waals surface area contributed by atoms with Crippen molar-refractivity contribution in [2.75, 3.05) is 5.32 Å². The molecule has 0 spiro atoms. The van der Waals surface area contributed by atoms with Crippen LogP contribution in [0, 0.1) is 0 Å². The molecule has 6 nitrogen and oxygen atoms in total. The Kier molecular flexibility index (Phi) is 6.30. The van der Waals surface area contributed by atoms with Crippen LogP contribution in [0.4, 0.5) is 5.95 Å². The van der Waals surface area contributed by atoms with Crippen LogP contribution in [-0.4, -0.2) is 37.2 Å². The van der Waals surface area contributed by atoms with E-state index in [1.165, 1.54) is 5.56 Å². The third kappa shape index (κ3) is 5.23. The third-order valence-electron chi connectivity index (χ3n) is 5.69. The number of hydrogen-bond donors (Lipinski definition) is 2. The molecule has 164 valence electrons. The Balaban J connectivity index is 1.42. The Labute approximate surface area is 195 Å². The molecule has 2 N–H and O–H groups in total. The van der Waals surface area contributed by atoms with Gasteiger partial charge in [0.1, 0.15) is 20.5 Å². The van der Waals surface area contributed by atoms with E-state index < -0.39 is 0 Å². The summed E-state index contributed by atoms with van der Waals surface area (Å²) in [7, 11) is 0. The largest absolute Gasteiger partial charge is 0.393 e. The van der Waals surface area contributed by atoms with Gasteiger partial charge >= 0.3 is 0 Å². The van der Waals surface area contributed by atoms with Crippen LogP contribution < -0.4 is 5.32 Å². The van der Waals surface area contributed by atoms with Crippen LogP contribution in [0.2, 0.25) is 5.15 Å². The van der Waals surface area contributed by atoms with E-state index in [0.717, 1.165) is 58.8 Å². The standard InChI is InChI=1S/C24H24ClN5OS/c25-21-11-10-20-23(30-21)32-22(29-20)14-18-13-17(12-15-4-2-1-3-5-15)27-24(28-18)26-16-6-8-19(31)9-7-16/h1-5,10-11,13,16,19,31H,6-9,12,14H2,(H,26,27,28). The Morgan fingerprint density at radius 1 is 0.906 bits per heavy atom. The zero-order valence-corrected chi connectivity index (χ0v) is 19.1. The molecule has 1 fully saturated rings. The molecule has 5 rings (SSSR count). The summed E-state index contributed by atoms with van der Waals surface area (Å²) in [5, 5.41) is 14.7. The first-order chi connectivity index (χ1) is 15.6. The number of nitrogens with zero attached hydrogens (tertiary/aromatic N) is 4. The predicted molar refractivity (Wildman–Crippen MR) is 128 cm³/mol. The lowest BCUT2D eigenvalue weighted by atomic mass is 9.93. The molecule has 32 heavy (non-hydrogen) atoms. The molecule has 1 aromatic carbocycles. The van der Waals surface area contributed by atoms with Crippen LogP contribution >= 0.6 is 22.9 Å². The Bertz CT molecular complexity index is 1210. The van der Waals surface area contributed by atoms with Gasteiger partial charge in [-0.25, -0.2) is 19.9 Å². The van der Waals surface area contributed by atoms with Crippen LogP contribution in [0.3, 0.4) is 0 Å². The fourth-order valence-corrected chi connectivity index (χ4v) is 5.22. The van der Waals surface area contributed by atoms with Crippen molar-refractivity contribution in [1.82, 2.24) is 19.9 Å². The molecular weight excluding hydrogens is 442 g/mol. The van der Waals surface area contributed by atoms with E-state index in [-0.39, 0.29) is 12.1 Å². The summed E-state index contributed by atoms with van der Waals surface area (Å²) in [6, 6.07) is 16.3. The van der Waals surface area contributed by atoms with E-state index in [2.05, 4.69) is 28.5 Å². The van der Waals surface area contributed by atoms with Crippen LogP contribution in [0.1, 0.15) is 47.6 Å². The lowest BCUT2D eigenvalue weighted by Crippen LogP contribution is -2.29. The molecule has 1 aliphatic rings. The Morgan fingerprint density at radius 3 is 2.44 bits per heavy atom. The summed E-state index contributed by atoms with van der Waals surface area (Å²) >= 11 is 7.57. The molecule has 8 heteroatoms. The number of halogens is 1. The lowest BCUT2D eigenvalue weighted by molar-refractivity contribution is 0.126. The van der Waals surface area contributed by atoms with Gasteiger partial charge in [0.15, 0.2) is 0 Å². The lowest BCUT2D eigenvalue weighted by Gasteiger charge is -2.26. The number of aromatic nitrogens is 4. The van der Waals surface area contributed by atoms with E-state index in [9.17, 15) is 5.11 Å². The van der Waals surface area contributed by atoms with Crippen molar-refractivity contribution in [1.29, 1.82) is 0 Å². The van der Waals surface area contributed by atoms with Crippen LogP contribution in [0.25, 0.3) is 10.3 Å². The number of aliphatic hydroxyl groups excluding tert-OH is 1. The second-order valence-electron chi connectivity index (χ2n) is 8.23. The summed E-state index contributed by atoms with van der Waals surface area (Å²) < 4.78 is 0. The molecule has 1 aliphatic carbocycles. The van der Waals surface area contributed by atoms with Gasteiger partial charge in [-0.3, -0.25) is 0 Å². The second-order valence-corrected chi connectivity index (χ2v) is 9.68. The van der Waals surface area contributed by atoms with Crippen molar-refractivity contribution in [3.63, 3.8) is 0 Å². The molecule has 4 aromatic rings. The average molecular weight is 466 g/mol. The van der Waals surface area contributed by atoms with Gasteiger partial charge in [0.2, 0.25) is 5.95 Å². The van der Waals surface area contributed by atoms with Gasteiger partial charge in [-0.15, -0.1) is 0 Å². The van der Waals surface area contributed by atoms with Crippen molar-refractivity contribution < 1.29 is 5.11 Å². The Morgan fingerprint density at radius 2 is 1.66 bits per heavy atom. The van der Waals surface area contributed by atoms with E-state index in [0.29, 0.717) is 17.5 Å². The topological polar surface area (TPSA) is 83.8 Å². The van der Waals surface area contributed by atoms with E-state index in [4.69, 9.17) is 26.6 Å². The van der Waals surface area contributed by atoms with Gasteiger partial charge in [0.25, 0.3) is 0 Å². The first-order valence-electron chi connectivity index (χ1n) is 10.9. The maximum atomic E-state index is 9.81. The summed E-state index contributed by atoms with van der Waals surface area (Å²) in [6.07, 6.45) is 4.65. The number of benzene rings is 1. The van der Waals surface area contributed by atoms with Crippen molar-refractivity contribution in [3.8, 4) is 0 Å². The van der Waals surface area contributed by atoms with E-state index >= 15 is 0 Å². The van der Waals surface area contributed by atoms with E-state index in [1.807, 2.05) is 24.3 Å². The SMILES string of the molecule is OC1CCC(Nc2nc(Cc3ccccc3)cc(Cc3nc4ccc(Cl)nc4s3)n2)CC1. The number of fused-ring (bicyclic) bond motifs is 1. The van der Waals surface area contributed by atoms with Crippen LogP contribution in [-0.2, 0) is 12.8 Å². The molecular formula is C24H24ClN5OS. The van der Waals surface area contributed by atoms with Gasteiger partial charge in [-0.2, -0.15) is 0 Å². The average Bonchev–Trinajstić information content (AvgIpc) is 3.17. The molecule has 0 amide bonds. The molecule has 1 saturated carbocycles. The first kappa shape index (κ1) is 21.2. The summed E-state index contributed by atoms with van der Waals surface area (Å²) in [6.45, 7) is 0. The maximum absolute atomic E-state index is 9.81. The molecule has 3 aromatic heterocycles. The highest BCUT2D eigenvalue weighted by Gasteiger charge is 2.20. The number of anilines is 1. The normalized spacial score (nSPS) is 18.7. The molecule has 0 unspecified atom stereocenters. The van der Waals surface area contributed by atoms with Crippen molar-refractivity contribution in [3.05, 3.63) is 75.6 Å². The number of pyridine rings is 1. The van der Waals surface area contributed by atoms with Crippen LogP contribution in [0.15, 0.2) is 48.5 Å². The Hall–Kier alpha value is -2.61. The number of rotatable bonds is 6. The van der Waals surface area contributed by atoms with Crippen molar-refractivity contribution >= 4 is 39.2 Å². The first-order valence-corrected chi connectivity index (χ1v) is 12.1. The van der Waals surface area contributed by atoms with Gasteiger partial charge in [-0.05, 0) is 49.4 Å². The minimum absolute atomic E-state index is 0.185. The predicted octanol–water partition coefficient (Wildman–Crippen LogP) is 5.03. The van der Waals surface area contributed by atoms with Gasteiger partial charge < -0.3 is 10.4 Å². The zero-order chi connectivity index (χ0) is 21.9. The zero-order valence-electron chi connectivity index (χ0n) is 17.5. The monoisotopic (exact) mass is 465 g/mol. The number of nitrogens with one attached hydrogen (secondary N) is 1. The quantitative estimate of drug-likeness (QED) is 0.388. The highest BCUT2D eigenvalue weighted by atomic mass is 35.5. The molecule has 3 heterocycles. The summed E-state index contributed by atoms with van der Waals surface area (Å²) in [5.74, 6) is 0.650. The maximum Gasteiger partial charge on any atom is 0.223 e. The van der Waals surface area contributed by atoms with Gasteiger partial charge in [0.05, 0.1) is 17.5 Å². The highest BCUT2D eigenvalue weighted by molar-refractivity contribution is 7.18. The van der Waals surface area contributed by atoms with E-state index in [1.54, 1.807) is 17.4 Å². The molecule has 0 atom stereocenters. The van der Waals surface area contributed by atoms with Crippen molar-refractivity contribution in [2.24, 2.45) is 0 Å². The third-order valence-corrected chi connectivity index (χ3v) is 6.86. The molecule has 0 radical (unpaired) electrons.